The maximum Gasteiger partial charge on any atom is 0.255 e. The molecule has 5 nitrogen and oxygen atoms in total. The molecule has 3 rings (SSSR count). The fourth-order valence-electron chi connectivity index (χ4n) is 3.05. The molecule has 1 fully saturated rings. The monoisotopic (exact) mass is 354 g/mol. The predicted octanol–water partition coefficient (Wildman–Crippen LogP) is 3.53. The van der Waals surface area contributed by atoms with E-state index in [0.717, 1.165) is 25.7 Å². The molecular formula is C19H18N2O3S. The Bertz CT molecular complexity index is 922. The molecule has 25 heavy (non-hydrogen) atoms. The Morgan fingerprint density at radius 3 is 2.40 bits per heavy atom. The van der Waals surface area contributed by atoms with Gasteiger partial charge in [0.1, 0.15) is 0 Å². The van der Waals surface area contributed by atoms with E-state index in [1.807, 2.05) is 6.07 Å². The van der Waals surface area contributed by atoms with Crippen molar-refractivity contribution >= 4 is 21.4 Å². The standard InChI is InChI=1S/C19H18N2O3S/c20-13-14-4-3-5-15(12-14)19(22)21-16-8-10-18(11-9-16)25(23,24)17-6-1-2-7-17/h3-5,8-12,17H,1-2,6-7H2,(H,21,22). The molecule has 0 aromatic heterocycles. The molecule has 0 radical (unpaired) electrons. The molecule has 0 aliphatic heterocycles. The number of benzene rings is 2. The fourth-order valence-corrected chi connectivity index (χ4v) is 4.91. The third-order valence-electron chi connectivity index (χ3n) is 4.44. The van der Waals surface area contributed by atoms with E-state index in [1.165, 1.54) is 18.2 Å². The lowest BCUT2D eigenvalue weighted by atomic mass is 10.1. The average molecular weight is 354 g/mol. The first-order chi connectivity index (χ1) is 12.0. The van der Waals surface area contributed by atoms with Crippen LogP contribution in [0.25, 0.3) is 0 Å². The van der Waals surface area contributed by atoms with Gasteiger partial charge in [0.2, 0.25) is 0 Å². The molecule has 1 aliphatic carbocycles. The highest BCUT2D eigenvalue weighted by molar-refractivity contribution is 7.92. The largest absolute Gasteiger partial charge is 0.322 e. The number of carbonyl (C=O) groups is 1. The summed E-state index contributed by atoms with van der Waals surface area (Å²) in [5, 5.41) is 11.3. The van der Waals surface area contributed by atoms with Gasteiger partial charge >= 0.3 is 0 Å². The Morgan fingerprint density at radius 2 is 1.76 bits per heavy atom. The molecule has 0 unspecified atom stereocenters. The van der Waals surface area contributed by atoms with Crippen molar-refractivity contribution in [1.82, 2.24) is 0 Å². The van der Waals surface area contributed by atoms with Crippen molar-refractivity contribution in [2.24, 2.45) is 0 Å². The molecule has 0 spiro atoms. The van der Waals surface area contributed by atoms with Crippen LogP contribution in [-0.2, 0) is 9.84 Å². The van der Waals surface area contributed by atoms with Crippen LogP contribution >= 0.6 is 0 Å². The third kappa shape index (κ3) is 3.72. The molecule has 6 heteroatoms. The van der Waals surface area contributed by atoms with E-state index in [2.05, 4.69) is 5.32 Å². The molecule has 1 amide bonds. The Labute approximate surface area is 147 Å². The second-order valence-corrected chi connectivity index (χ2v) is 8.35. The number of amides is 1. The van der Waals surface area contributed by atoms with Crippen molar-refractivity contribution in [3.8, 4) is 6.07 Å². The number of hydrogen-bond acceptors (Lipinski definition) is 4. The lowest BCUT2D eigenvalue weighted by Crippen LogP contribution is -2.18. The zero-order chi connectivity index (χ0) is 17.9. The minimum Gasteiger partial charge on any atom is -0.322 e. The first-order valence-electron chi connectivity index (χ1n) is 8.16. The van der Waals surface area contributed by atoms with Crippen LogP contribution in [0.4, 0.5) is 5.69 Å². The lowest BCUT2D eigenvalue weighted by Gasteiger charge is -2.12. The number of carbonyl (C=O) groups excluding carboxylic acids is 1. The van der Waals surface area contributed by atoms with Crippen LogP contribution in [0.2, 0.25) is 0 Å². The van der Waals surface area contributed by atoms with Crippen molar-refractivity contribution in [2.45, 2.75) is 35.8 Å². The number of nitrogens with one attached hydrogen (secondary N) is 1. The Kier molecular flexibility index (Phi) is 4.86. The minimum atomic E-state index is -3.29. The Hall–Kier alpha value is -2.65. The van der Waals surface area contributed by atoms with Crippen LogP contribution in [0.5, 0.6) is 0 Å². The molecule has 0 bridgehead atoms. The number of rotatable bonds is 4. The van der Waals surface area contributed by atoms with Crippen molar-refractivity contribution in [2.75, 3.05) is 5.32 Å². The first-order valence-corrected chi connectivity index (χ1v) is 9.71. The maximum absolute atomic E-state index is 12.5. The van der Waals surface area contributed by atoms with Gasteiger partial charge in [-0.3, -0.25) is 4.79 Å². The van der Waals surface area contributed by atoms with Gasteiger partial charge in [-0.2, -0.15) is 5.26 Å². The smallest absolute Gasteiger partial charge is 0.255 e. The number of nitrogens with zero attached hydrogens (tertiary/aromatic N) is 1. The lowest BCUT2D eigenvalue weighted by molar-refractivity contribution is 0.102. The highest BCUT2D eigenvalue weighted by Crippen LogP contribution is 2.30. The van der Waals surface area contributed by atoms with Crippen LogP contribution in [-0.4, -0.2) is 19.6 Å². The van der Waals surface area contributed by atoms with Crippen LogP contribution in [0, 0.1) is 11.3 Å². The molecule has 0 saturated heterocycles. The summed E-state index contributed by atoms with van der Waals surface area (Å²) in [4.78, 5) is 12.5. The van der Waals surface area contributed by atoms with Gasteiger partial charge in [-0.15, -0.1) is 0 Å². The first kappa shape index (κ1) is 17.2. The van der Waals surface area contributed by atoms with E-state index in [-0.39, 0.29) is 11.2 Å². The van der Waals surface area contributed by atoms with Gasteiger partial charge in [0.05, 0.1) is 21.8 Å². The SMILES string of the molecule is N#Cc1cccc(C(=O)Nc2ccc(S(=O)(=O)C3CCCC3)cc2)c1. The number of anilines is 1. The van der Waals surface area contributed by atoms with E-state index in [1.54, 1.807) is 30.3 Å². The summed E-state index contributed by atoms with van der Waals surface area (Å²) >= 11 is 0. The van der Waals surface area contributed by atoms with Crippen molar-refractivity contribution in [1.29, 1.82) is 5.26 Å². The van der Waals surface area contributed by atoms with Crippen molar-refractivity contribution in [3.63, 3.8) is 0 Å². The summed E-state index contributed by atoms with van der Waals surface area (Å²) in [5.74, 6) is -0.344. The quantitative estimate of drug-likeness (QED) is 0.910. The summed E-state index contributed by atoms with van der Waals surface area (Å²) in [6.45, 7) is 0. The van der Waals surface area contributed by atoms with Gasteiger partial charge in [-0.1, -0.05) is 18.9 Å². The fraction of sp³-hybridized carbons (Fsp3) is 0.263. The molecule has 2 aromatic rings. The molecule has 1 saturated carbocycles. The minimum absolute atomic E-state index is 0.290. The van der Waals surface area contributed by atoms with Crippen LogP contribution in [0.1, 0.15) is 41.6 Å². The zero-order valence-electron chi connectivity index (χ0n) is 13.6. The van der Waals surface area contributed by atoms with Gasteiger partial charge in [0, 0.05) is 11.3 Å². The van der Waals surface area contributed by atoms with E-state index in [9.17, 15) is 13.2 Å². The van der Waals surface area contributed by atoms with E-state index < -0.39 is 9.84 Å². The summed E-state index contributed by atoms with van der Waals surface area (Å²) in [5.41, 5.74) is 1.30. The molecule has 0 atom stereocenters. The van der Waals surface area contributed by atoms with Crippen molar-refractivity contribution < 1.29 is 13.2 Å². The highest BCUT2D eigenvalue weighted by atomic mass is 32.2. The normalized spacial score (nSPS) is 14.8. The Balaban J connectivity index is 1.74. The van der Waals surface area contributed by atoms with Crippen LogP contribution in [0.15, 0.2) is 53.4 Å². The number of nitriles is 1. The highest BCUT2D eigenvalue weighted by Gasteiger charge is 2.30. The molecule has 1 N–H and O–H groups in total. The van der Waals surface area contributed by atoms with E-state index in [4.69, 9.17) is 5.26 Å². The summed E-state index contributed by atoms with van der Waals surface area (Å²) in [6.07, 6.45) is 3.35. The molecule has 2 aromatic carbocycles. The Morgan fingerprint density at radius 1 is 1.08 bits per heavy atom. The van der Waals surface area contributed by atoms with Gasteiger partial charge in [0.15, 0.2) is 9.84 Å². The van der Waals surface area contributed by atoms with E-state index in [0.29, 0.717) is 21.7 Å². The van der Waals surface area contributed by atoms with Gasteiger partial charge < -0.3 is 5.32 Å². The number of sulfone groups is 1. The van der Waals surface area contributed by atoms with Gasteiger partial charge in [-0.05, 0) is 55.3 Å². The maximum atomic E-state index is 12.5. The second kappa shape index (κ2) is 7.08. The molecule has 0 heterocycles. The number of hydrogen-bond donors (Lipinski definition) is 1. The predicted molar refractivity (Wildman–Crippen MR) is 95.0 cm³/mol. The summed E-state index contributed by atoms with van der Waals surface area (Å²) < 4.78 is 25.1. The topological polar surface area (TPSA) is 87.0 Å². The van der Waals surface area contributed by atoms with Crippen LogP contribution in [0.3, 0.4) is 0 Å². The van der Waals surface area contributed by atoms with Gasteiger partial charge in [0.25, 0.3) is 5.91 Å². The van der Waals surface area contributed by atoms with Gasteiger partial charge in [-0.25, -0.2) is 8.42 Å². The van der Waals surface area contributed by atoms with E-state index >= 15 is 0 Å². The van der Waals surface area contributed by atoms with Crippen molar-refractivity contribution in [3.05, 3.63) is 59.7 Å². The zero-order valence-corrected chi connectivity index (χ0v) is 14.4. The van der Waals surface area contributed by atoms with Crippen LogP contribution < -0.4 is 5.32 Å². The molecule has 1 aliphatic rings. The third-order valence-corrected chi connectivity index (χ3v) is 6.71. The second-order valence-electron chi connectivity index (χ2n) is 6.12. The summed E-state index contributed by atoms with van der Waals surface area (Å²) in [7, 11) is -3.29. The average Bonchev–Trinajstić information content (AvgIpc) is 3.18. The summed E-state index contributed by atoms with van der Waals surface area (Å²) in [6, 6.07) is 14.6. The molecular weight excluding hydrogens is 336 g/mol. The molecule has 128 valence electrons.